The van der Waals surface area contributed by atoms with Crippen molar-refractivity contribution in [1.29, 1.82) is 0 Å². The fraction of sp³-hybridized carbons (Fsp3) is 0.167. The normalized spacial score (nSPS) is 11.6. The van der Waals surface area contributed by atoms with Crippen LogP contribution in [-0.2, 0) is 23.9 Å². The second kappa shape index (κ2) is 7.80. The van der Waals surface area contributed by atoms with Gasteiger partial charge in [-0.25, -0.2) is 13.2 Å². The summed E-state index contributed by atoms with van der Waals surface area (Å²) in [6.45, 7) is 3.78. The zero-order valence-corrected chi connectivity index (χ0v) is 19.0. The van der Waals surface area contributed by atoms with E-state index in [9.17, 15) is 18.0 Å². The molecule has 0 radical (unpaired) electrons. The number of carbonyl (C=O) groups excluding carboxylic acids is 1. The van der Waals surface area contributed by atoms with Gasteiger partial charge in [0.1, 0.15) is 0 Å². The molecule has 1 amide bonds. The Morgan fingerprint density at radius 2 is 1.31 bits per heavy atom. The first-order valence-corrected chi connectivity index (χ1v) is 11.5. The molecule has 0 bridgehead atoms. The van der Waals surface area contributed by atoms with Crippen LogP contribution in [-0.4, -0.2) is 23.5 Å². The topological polar surface area (TPSA) is 90.2 Å². The summed E-state index contributed by atoms with van der Waals surface area (Å²) in [5, 5.41) is 2.74. The maximum Gasteiger partial charge on any atom is 0.328 e. The molecule has 0 aliphatic rings. The summed E-state index contributed by atoms with van der Waals surface area (Å²) < 4.78 is 29.9. The number of sulfone groups is 1. The van der Waals surface area contributed by atoms with E-state index in [-0.39, 0.29) is 21.2 Å². The number of aryl methyl sites for hydroxylation is 4. The maximum atomic E-state index is 13.5. The quantitative estimate of drug-likeness (QED) is 0.516. The fourth-order valence-corrected chi connectivity index (χ4v) is 5.00. The van der Waals surface area contributed by atoms with Gasteiger partial charge >= 0.3 is 5.69 Å². The van der Waals surface area contributed by atoms with E-state index < -0.39 is 15.7 Å². The Hall–Kier alpha value is -3.65. The Morgan fingerprint density at radius 3 is 1.88 bits per heavy atom. The maximum absolute atomic E-state index is 13.5. The van der Waals surface area contributed by atoms with E-state index in [1.54, 1.807) is 38.4 Å². The molecule has 0 atom stereocenters. The van der Waals surface area contributed by atoms with Crippen molar-refractivity contribution in [2.75, 3.05) is 5.32 Å². The van der Waals surface area contributed by atoms with Gasteiger partial charge < -0.3 is 5.32 Å². The molecule has 0 unspecified atom stereocenters. The fourth-order valence-electron chi connectivity index (χ4n) is 3.59. The minimum atomic E-state index is -3.97. The van der Waals surface area contributed by atoms with Crippen molar-refractivity contribution in [1.82, 2.24) is 9.13 Å². The van der Waals surface area contributed by atoms with Gasteiger partial charge in [-0.1, -0.05) is 35.4 Å². The highest BCUT2D eigenvalue weighted by Crippen LogP contribution is 2.32. The molecule has 0 spiro atoms. The monoisotopic (exact) mass is 449 g/mol. The van der Waals surface area contributed by atoms with Gasteiger partial charge in [0.25, 0.3) is 5.91 Å². The number of imidazole rings is 1. The van der Waals surface area contributed by atoms with E-state index >= 15 is 0 Å². The average molecular weight is 450 g/mol. The number of benzene rings is 3. The Kier molecular flexibility index (Phi) is 5.26. The number of amides is 1. The van der Waals surface area contributed by atoms with Gasteiger partial charge in [-0.15, -0.1) is 0 Å². The van der Waals surface area contributed by atoms with Crippen molar-refractivity contribution < 1.29 is 13.2 Å². The van der Waals surface area contributed by atoms with Crippen LogP contribution < -0.4 is 11.0 Å². The van der Waals surface area contributed by atoms with E-state index in [0.29, 0.717) is 16.6 Å². The summed E-state index contributed by atoms with van der Waals surface area (Å²) in [6.07, 6.45) is 0. The zero-order valence-electron chi connectivity index (χ0n) is 18.2. The molecule has 1 N–H and O–H groups in total. The van der Waals surface area contributed by atoms with Crippen LogP contribution in [0, 0.1) is 13.8 Å². The van der Waals surface area contributed by atoms with Crippen LogP contribution in [0.2, 0.25) is 0 Å². The Morgan fingerprint density at radius 1 is 0.812 bits per heavy atom. The summed E-state index contributed by atoms with van der Waals surface area (Å²) in [5.41, 5.74) is 3.13. The van der Waals surface area contributed by atoms with Crippen molar-refractivity contribution in [2.24, 2.45) is 14.1 Å². The van der Waals surface area contributed by atoms with Crippen molar-refractivity contribution in [3.05, 3.63) is 87.8 Å². The molecule has 1 heterocycles. The molecule has 0 fully saturated rings. The number of nitrogens with one attached hydrogen (secondary N) is 1. The minimum absolute atomic E-state index is 0.0736. The highest BCUT2D eigenvalue weighted by atomic mass is 32.2. The number of fused-ring (bicyclic) bond motifs is 1. The van der Waals surface area contributed by atoms with Crippen LogP contribution in [0.4, 0.5) is 5.69 Å². The highest BCUT2D eigenvalue weighted by Gasteiger charge is 2.25. The number of nitrogens with zero attached hydrogens (tertiary/aromatic N) is 2. The van der Waals surface area contributed by atoms with Crippen LogP contribution in [0.15, 0.2) is 75.2 Å². The molecular formula is C24H23N3O4S. The lowest BCUT2D eigenvalue weighted by Crippen LogP contribution is -2.19. The lowest BCUT2D eigenvalue weighted by molar-refractivity contribution is 0.102. The van der Waals surface area contributed by atoms with E-state index in [1.807, 2.05) is 26.0 Å². The van der Waals surface area contributed by atoms with Gasteiger partial charge in [0.05, 0.1) is 26.5 Å². The molecule has 0 saturated carbocycles. The second-order valence-corrected chi connectivity index (χ2v) is 9.79. The Bertz CT molecular complexity index is 1510. The molecule has 3 aromatic carbocycles. The third-order valence-electron chi connectivity index (χ3n) is 5.56. The van der Waals surface area contributed by atoms with Gasteiger partial charge in [-0.3, -0.25) is 13.9 Å². The van der Waals surface area contributed by atoms with E-state index in [4.69, 9.17) is 0 Å². The van der Waals surface area contributed by atoms with Crippen molar-refractivity contribution in [2.45, 2.75) is 23.6 Å². The predicted molar refractivity (Wildman–Crippen MR) is 124 cm³/mol. The number of hydrogen-bond acceptors (Lipinski definition) is 4. The molecular weight excluding hydrogens is 426 g/mol. The third kappa shape index (κ3) is 3.62. The first kappa shape index (κ1) is 21.6. The number of hydrogen-bond donors (Lipinski definition) is 1. The molecule has 0 aliphatic heterocycles. The van der Waals surface area contributed by atoms with Gasteiger partial charge in [0, 0.05) is 19.7 Å². The summed E-state index contributed by atoms with van der Waals surface area (Å²) in [4.78, 5) is 25.4. The van der Waals surface area contributed by atoms with Crippen LogP contribution in [0.1, 0.15) is 21.5 Å². The summed E-state index contributed by atoms with van der Waals surface area (Å²) in [5.74, 6) is -0.439. The molecule has 0 saturated heterocycles. The molecule has 8 heteroatoms. The lowest BCUT2D eigenvalue weighted by atomic mass is 10.1. The van der Waals surface area contributed by atoms with Crippen LogP contribution in [0.25, 0.3) is 11.0 Å². The number of carbonyl (C=O) groups is 1. The van der Waals surface area contributed by atoms with Gasteiger partial charge in [0.15, 0.2) is 0 Å². The van der Waals surface area contributed by atoms with E-state index in [0.717, 1.165) is 11.1 Å². The molecule has 7 nitrogen and oxygen atoms in total. The molecule has 4 rings (SSSR count). The SMILES string of the molecule is Cc1ccc(C(=O)Nc2cc3c(cc2S(=O)(=O)c2ccc(C)cc2)n(C)c(=O)n3C)cc1. The van der Waals surface area contributed by atoms with Gasteiger partial charge in [-0.05, 0) is 50.2 Å². The molecule has 32 heavy (non-hydrogen) atoms. The first-order chi connectivity index (χ1) is 15.1. The standard InChI is InChI=1S/C24H23N3O4S/c1-15-5-9-17(10-6-15)23(28)25-19-13-20-21(27(4)24(29)26(20)3)14-22(19)32(30,31)18-11-7-16(2)8-12-18/h5-14H,1-4H3,(H,25,28). The van der Waals surface area contributed by atoms with E-state index in [2.05, 4.69) is 5.32 Å². The lowest BCUT2D eigenvalue weighted by Gasteiger charge is -2.14. The van der Waals surface area contributed by atoms with Crippen molar-refractivity contribution >= 4 is 32.5 Å². The minimum Gasteiger partial charge on any atom is -0.321 e. The number of anilines is 1. The average Bonchev–Trinajstić information content (AvgIpc) is 2.97. The van der Waals surface area contributed by atoms with Crippen LogP contribution in [0.5, 0.6) is 0 Å². The summed E-state index contributed by atoms with van der Waals surface area (Å²) in [7, 11) is -0.790. The summed E-state index contributed by atoms with van der Waals surface area (Å²) in [6, 6.07) is 16.4. The van der Waals surface area contributed by atoms with Crippen molar-refractivity contribution in [3.8, 4) is 0 Å². The second-order valence-electron chi connectivity index (χ2n) is 7.87. The number of rotatable bonds is 4. The predicted octanol–water partition coefficient (Wildman–Crippen LogP) is 3.58. The van der Waals surface area contributed by atoms with Crippen molar-refractivity contribution in [3.63, 3.8) is 0 Å². The Balaban J connectivity index is 1.92. The molecule has 1 aromatic heterocycles. The van der Waals surface area contributed by atoms with E-state index in [1.165, 1.54) is 33.4 Å². The van der Waals surface area contributed by atoms with Gasteiger partial charge in [0.2, 0.25) is 9.84 Å². The highest BCUT2D eigenvalue weighted by molar-refractivity contribution is 7.91. The first-order valence-electron chi connectivity index (χ1n) is 9.99. The van der Waals surface area contributed by atoms with Crippen LogP contribution >= 0.6 is 0 Å². The third-order valence-corrected chi connectivity index (χ3v) is 7.37. The van der Waals surface area contributed by atoms with Crippen LogP contribution in [0.3, 0.4) is 0 Å². The largest absolute Gasteiger partial charge is 0.328 e. The summed E-state index contributed by atoms with van der Waals surface area (Å²) >= 11 is 0. The van der Waals surface area contributed by atoms with Gasteiger partial charge in [-0.2, -0.15) is 0 Å². The molecule has 4 aromatic rings. The number of aromatic nitrogens is 2. The molecule has 164 valence electrons. The molecule has 0 aliphatic carbocycles. The zero-order chi connectivity index (χ0) is 23.2. The smallest absolute Gasteiger partial charge is 0.321 e. The Labute approximate surface area is 185 Å².